The predicted molar refractivity (Wildman–Crippen MR) is 112 cm³/mol. The molecule has 2 aromatic carbocycles. The Morgan fingerprint density at radius 2 is 1.70 bits per heavy atom. The molecule has 27 heavy (non-hydrogen) atoms. The lowest BCUT2D eigenvalue weighted by Gasteiger charge is -2.10. The van der Waals surface area contributed by atoms with E-state index < -0.39 is 0 Å². The van der Waals surface area contributed by atoms with E-state index in [9.17, 15) is 4.39 Å². The minimum Gasteiger partial charge on any atom is -0.481 e. The van der Waals surface area contributed by atoms with E-state index in [-0.39, 0.29) is 5.82 Å². The van der Waals surface area contributed by atoms with Crippen molar-refractivity contribution in [2.45, 2.75) is 51.6 Å². The molecule has 140 valence electrons. The molecule has 1 fully saturated rings. The largest absolute Gasteiger partial charge is 0.481 e. The monoisotopic (exact) mass is 380 g/mol. The summed E-state index contributed by atoms with van der Waals surface area (Å²) in [6, 6.07) is 17.9. The van der Waals surface area contributed by atoms with Crippen molar-refractivity contribution in [2.24, 2.45) is 0 Å². The Hall–Kier alpha value is -2.13. The number of ether oxygens (including phenoxy) is 1. The fourth-order valence-corrected chi connectivity index (χ4v) is 4.69. The summed E-state index contributed by atoms with van der Waals surface area (Å²) in [5.41, 5.74) is 3.94. The van der Waals surface area contributed by atoms with E-state index in [2.05, 4.69) is 31.2 Å². The second-order valence-electron chi connectivity index (χ2n) is 7.28. The first kappa shape index (κ1) is 18.2. The summed E-state index contributed by atoms with van der Waals surface area (Å²) in [5.74, 6) is -0.181. The van der Waals surface area contributed by atoms with Crippen LogP contribution >= 0.6 is 11.3 Å². The first-order valence-corrected chi connectivity index (χ1v) is 10.7. The van der Waals surface area contributed by atoms with E-state index in [0.717, 1.165) is 46.8 Å². The minimum atomic E-state index is -0.181. The maximum atomic E-state index is 14.8. The van der Waals surface area contributed by atoms with Gasteiger partial charge in [-0.3, -0.25) is 0 Å². The van der Waals surface area contributed by atoms with Crippen molar-refractivity contribution >= 4 is 11.3 Å². The lowest BCUT2D eigenvalue weighted by Crippen LogP contribution is -2.09. The zero-order chi connectivity index (χ0) is 18.6. The molecule has 1 aliphatic carbocycles. The molecule has 0 spiro atoms. The van der Waals surface area contributed by atoms with Gasteiger partial charge in [-0.1, -0.05) is 55.0 Å². The van der Waals surface area contributed by atoms with Gasteiger partial charge < -0.3 is 4.74 Å². The van der Waals surface area contributed by atoms with Gasteiger partial charge in [0.2, 0.25) is 0 Å². The third-order valence-electron chi connectivity index (χ3n) is 5.23. The predicted octanol–water partition coefficient (Wildman–Crippen LogP) is 7.50. The summed E-state index contributed by atoms with van der Waals surface area (Å²) in [6.07, 6.45) is 7.31. The van der Waals surface area contributed by atoms with Crippen LogP contribution in [0.3, 0.4) is 0 Å². The zero-order valence-corrected chi connectivity index (χ0v) is 16.5. The molecule has 0 bridgehead atoms. The highest BCUT2D eigenvalue weighted by Gasteiger charge is 2.18. The van der Waals surface area contributed by atoms with Crippen LogP contribution in [0.1, 0.15) is 44.6 Å². The molecule has 1 heterocycles. The van der Waals surface area contributed by atoms with Gasteiger partial charge in [0.25, 0.3) is 0 Å². The molecular weight excluding hydrogens is 355 g/mol. The number of rotatable bonds is 6. The Labute approximate surface area is 164 Å². The fraction of sp³-hybridized carbons (Fsp3) is 0.333. The highest BCUT2D eigenvalue weighted by molar-refractivity contribution is 7.17. The number of halogens is 1. The Balaban J connectivity index is 1.52. The first-order chi connectivity index (χ1) is 13.2. The molecule has 0 amide bonds. The standard InChI is InChI=1S/C24H25FOS/c1-2-5-17-8-10-18(11-9-17)19-12-13-21(22(25)16-19)23-14-15-24(27-23)26-20-6-3-4-7-20/h8-16,20H,2-7H2,1H3. The van der Waals surface area contributed by atoms with Crippen molar-refractivity contribution < 1.29 is 9.13 Å². The highest BCUT2D eigenvalue weighted by Crippen LogP contribution is 2.37. The van der Waals surface area contributed by atoms with Crippen molar-refractivity contribution in [3.63, 3.8) is 0 Å². The van der Waals surface area contributed by atoms with Gasteiger partial charge >= 0.3 is 0 Å². The molecule has 1 nitrogen and oxygen atoms in total. The van der Waals surface area contributed by atoms with E-state index in [4.69, 9.17) is 4.74 Å². The highest BCUT2D eigenvalue weighted by atomic mass is 32.1. The Morgan fingerprint density at radius 1 is 0.963 bits per heavy atom. The summed E-state index contributed by atoms with van der Waals surface area (Å²) in [7, 11) is 0. The van der Waals surface area contributed by atoms with Crippen molar-refractivity contribution in [3.8, 4) is 26.6 Å². The van der Waals surface area contributed by atoms with Crippen LogP contribution in [0.15, 0.2) is 54.6 Å². The molecular formula is C24H25FOS. The minimum absolute atomic E-state index is 0.181. The maximum absolute atomic E-state index is 14.8. The van der Waals surface area contributed by atoms with Gasteiger partial charge in [-0.2, -0.15) is 0 Å². The van der Waals surface area contributed by atoms with E-state index in [1.54, 1.807) is 6.07 Å². The molecule has 1 saturated carbocycles. The normalized spacial score (nSPS) is 14.6. The van der Waals surface area contributed by atoms with E-state index in [0.29, 0.717) is 11.7 Å². The maximum Gasteiger partial charge on any atom is 0.174 e. The zero-order valence-electron chi connectivity index (χ0n) is 15.7. The molecule has 1 aliphatic rings. The Morgan fingerprint density at radius 3 is 2.41 bits per heavy atom. The lowest BCUT2D eigenvalue weighted by atomic mass is 10.0. The lowest BCUT2D eigenvalue weighted by molar-refractivity contribution is 0.217. The molecule has 0 radical (unpaired) electrons. The Kier molecular flexibility index (Phi) is 5.58. The molecule has 4 rings (SSSR count). The summed E-state index contributed by atoms with van der Waals surface area (Å²) < 4.78 is 20.8. The number of benzene rings is 2. The van der Waals surface area contributed by atoms with Gasteiger partial charge in [-0.05, 0) is 73.1 Å². The summed E-state index contributed by atoms with van der Waals surface area (Å²) in [5, 5.41) is 0.895. The van der Waals surface area contributed by atoms with Gasteiger partial charge in [-0.15, -0.1) is 0 Å². The number of hydrogen-bond acceptors (Lipinski definition) is 2. The van der Waals surface area contributed by atoms with E-state index in [1.165, 1.54) is 29.7 Å². The van der Waals surface area contributed by atoms with Crippen LogP contribution in [0.25, 0.3) is 21.6 Å². The second kappa shape index (κ2) is 8.26. The molecule has 3 heteroatoms. The van der Waals surface area contributed by atoms with Gasteiger partial charge in [-0.25, -0.2) is 4.39 Å². The third kappa shape index (κ3) is 4.24. The van der Waals surface area contributed by atoms with Crippen molar-refractivity contribution in [1.29, 1.82) is 0 Å². The SMILES string of the molecule is CCCc1ccc(-c2ccc(-c3ccc(OC4CCCC4)s3)c(F)c2)cc1. The molecule has 0 unspecified atom stereocenters. The molecule has 0 N–H and O–H groups in total. The van der Waals surface area contributed by atoms with Gasteiger partial charge in [0.05, 0.1) is 6.10 Å². The number of hydrogen-bond donors (Lipinski definition) is 0. The van der Waals surface area contributed by atoms with Crippen LogP contribution in [0.5, 0.6) is 5.06 Å². The molecule has 0 atom stereocenters. The van der Waals surface area contributed by atoms with Crippen LogP contribution in [-0.4, -0.2) is 6.10 Å². The topological polar surface area (TPSA) is 9.23 Å². The van der Waals surface area contributed by atoms with E-state index in [1.807, 2.05) is 24.3 Å². The first-order valence-electron chi connectivity index (χ1n) is 9.88. The van der Waals surface area contributed by atoms with Gasteiger partial charge in [0.1, 0.15) is 5.82 Å². The summed E-state index contributed by atoms with van der Waals surface area (Å²) in [6.45, 7) is 2.18. The molecule has 1 aromatic heterocycles. The van der Waals surface area contributed by atoms with Crippen LogP contribution in [0.4, 0.5) is 4.39 Å². The third-order valence-corrected chi connectivity index (χ3v) is 6.24. The van der Waals surface area contributed by atoms with Crippen LogP contribution in [-0.2, 0) is 6.42 Å². The summed E-state index contributed by atoms with van der Waals surface area (Å²) >= 11 is 1.53. The average Bonchev–Trinajstić information content (AvgIpc) is 3.35. The number of aryl methyl sites for hydroxylation is 1. The van der Waals surface area contributed by atoms with Crippen LogP contribution < -0.4 is 4.74 Å². The van der Waals surface area contributed by atoms with Gasteiger partial charge in [0.15, 0.2) is 5.06 Å². The van der Waals surface area contributed by atoms with Crippen molar-refractivity contribution in [1.82, 2.24) is 0 Å². The van der Waals surface area contributed by atoms with Crippen LogP contribution in [0.2, 0.25) is 0 Å². The molecule has 0 aliphatic heterocycles. The molecule has 3 aromatic rings. The van der Waals surface area contributed by atoms with Crippen molar-refractivity contribution in [3.05, 3.63) is 66.0 Å². The Bertz CT molecular complexity index is 891. The average molecular weight is 381 g/mol. The molecule has 0 saturated heterocycles. The summed E-state index contributed by atoms with van der Waals surface area (Å²) in [4.78, 5) is 0.922. The quantitative estimate of drug-likeness (QED) is 0.430. The van der Waals surface area contributed by atoms with E-state index >= 15 is 0 Å². The second-order valence-corrected chi connectivity index (χ2v) is 8.33. The van der Waals surface area contributed by atoms with Gasteiger partial charge in [0, 0.05) is 10.4 Å². The van der Waals surface area contributed by atoms with Crippen LogP contribution in [0, 0.1) is 5.82 Å². The number of thiophene rings is 1. The smallest absolute Gasteiger partial charge is 0.174 e. The fourth-order valence-electron chi connectivity index (χ4n) is 3.75. The van der Waals surface area contributed by atoms with Crippen molar-refractivity contribution in [2.75, 3.05) is 0 Å².